The van der Waals surface area contributed by atoms with Crippen molar-refractivity contribution in [1.82, 2.24) is 15.1 Å². The molecule has 0 radical (unpaired) electrons. The first-order chi connectivity index (χ1) is 14.8. The Morgan fingerprint density at radius 3 is 2.61 bits per heavy atom. The Kier molecular flexibility index (Phi) is 7.87. The monoisotopic (exact) mass is 447 g/mol. The highest BCUT2D eigenvalue weighted by atomic mass is 35.5. The van der Waals surface area contributed by atoms with Crippen molar-refractivity contribution in [3.05, 3.63) is 64.4 Å². The topological polar surface area (TPSA) is 61.9 Å². The number of rotatable bonds is 7. The Labute approximate surface area is 186 Å². The van der Waals surface area contributed by atoms with Crippen LogP contribution in [0, 0.1) is 5.82 Å². The van der Waals surface area contributed by atoms with Crippen LogP contribution in [0.25, 0.3) is 0 Å². The minimum atomic E-state index is -0.242. The molecule has 1 saturated heterocycles. The fraction of sp³-hybridized carbons (Fsp3) is 0.391. The fourth-order valence-corrected chi connectivity index (χ4v) is 3.86. The largest absolute Gasteiger partial charge is 0.483 e. The summed E-state index contributed by atoms with van der Waals surface area (Å²) in [4.78, 5) is 28.1. The first-order valence-corrected chi connectivity index (χ1v) is 10.6. The van der Waals surface area contributed by atoms with Crippen molar-refractivity contribution in [3.8, 4) is 5.75 Å². The lowest BCUT2D eigenvalue weighted by atomic mass is 10.1. The summed E-state index contributed by atoms with van der Waals surface area (Å²) in [5, 5.41) is 3.25. The van der Waals surface area contributed by atoms with Crippen molar-refractivity contribution >= 4 is 23.4 Å². The standard InChI is InChI=1S/C23H27ClFN3O3/c1-16-13-27(14-18-3-6-21(25)7-4-18)9-10-28(16)23(30)15-31-22-8-5-20(24)11-19(22)12-26-17(2)29/h3-8,11,16H,9-10,12-15H2,1-2H3,(H,26,29). The van der Waals surface area contributed by atoms with Crippen LogP contribution in [0.2, 0.25) is 5.02 Å². The minimum absolute atomic E-state index is 0.0365. The lowest BCUT2D eigenvalue weighted by Gasteiger charge is -2.39. The number of amides is 2. The number of hydrogen-bond donors (Lipinski definition) is 1. The average molecular weight is 448 g/mol. The molecule has 166 valence electrons. The molecule has 1 N–H and O–H groups in total. The van der Waals surface area contributed by atoms with E-state index in [1.54, 1.807) is 30.3 Å². The van der Waals surface area contributed by atoms with Crippen molar-refractivity contribution in [2.45, 2.75) is 33.0 Å². The van der Waals surface area contributed by atoms with E-state index < -0.39 is 0 Å². The Morgan fingerprint density at radius 1 is 1.19 bits per heavy atom. The summed E-state index contributed by atoms with van der Waals surface area (Å²) in [6, 6.07) is 11.7. The van der Waals surface area contributed by atoms with Crippen molar-refractivity contribution < 1.29 is 18.7 Å². The third-order valence-electron chi connectivity index (χ3n) is 5.25. The highest BCUT2D eigenvalue weighted by Gasteiger charge is 2.27. The molecule has 1 atom stereocenters. The number of halogens is 2. The van der Waals surface area contributed by atoms with Gasteiger partial charge in [0.2, 0.25) is 5.91 Å². The minimum Gasteiger partial charge on any atom is -0.483 e. The molecule has 0 saturated carbocycles. The summed E-state index contributed by atoms with van der Waals surface area (Å²) in [5.41, 5.74) is 1.76. The average Bonchev–Trinajstić information content (AvgIpc) is 2.73. The van der Waals surface area contributed by atoms with Gasteiger partial charge in [-0.3, -0.25) is 14.5 Å². The van der Waals surface area contributed by atoms with E-state index in [0.29, 0.717) is 22.9 Å². The first kappa shape index (κ1) is 23.0. The summed E-state index contributed by atoms with van der Waals surface area (Å²) in [6.07, 6.45) is 0. The number of benzene rings is 2. The van der Waals surface area contributed by atoms with Gasteiger partial charge in [-0.05, 0) is 42.8 Å². The van der Waals surface area contributed by atoms with E-state index in [9.17, 15) is 14.0 Å². The number of hydrogen-bond acceptors (Lipinski definition) is 4. The summed E-state index contributed by atoms with van der Waals surface area (Å²) in [5.74, 6) is 0.0336. The predicted octanol–water partition coefficient (Wildman–Crippen LogP) is 3.23. The van der Waals surface area contributed by atoms with Crippen LogP contribution < -0.4 is 10.1 Å². The van der Waals surface area contributed by atoms with Crippen molar-refractivity contribution in [1.29, 1.82) is 0 Å². The molecule has 1 fully saturated rings. The van der Waals surface area contributed by atoms with E-state index in [4.69, 9.17) is 16.3 Å². The van der Waals surface area contributed by atoms with Gasteiger partial charge in [-0.15, -0.1) is 0 Å². The van der Waals surface area contributed by atoms with Crippen LogP contribution >= 0.6 is 11.6 Å². The van der Waals surface area contributed by atoms with E-state index in [1.165, 1.54) is 19.1 Å². The maximum atomic E-state index is 13.1. The highest BCUT2D eigenvalue weighted by molar-refractivity contribution is 6.30. The van der Waals surface area contributed by atoms with E-state index >= 15 is 0 Å². The zero-order chi connectivity index (χ0) is 22.4. The Balaban J connectivity index is 1.53. The molecule has 2 aromatic rings. The second kappa shape index (κ2) is 10.6. The summed E-state index contributed by atoms with van der Waals surface area (Å²) >= 11 is 6.05. The number of nitrogens with one attached hydrogen (secondary N) is 1. The molecule has 1 heterocycles. The van der Waals surface area contributed by atoms with Gasteiger partial charge in [0.05, 0.1) is 0 Å². The van der Waals surface area contributed by atoms with Crippen molar-refractivity contribution in [3.63, 3.8) is 0 Å². The number of carbonyl (C=O) groups excluding carboxylic acids is 2. The molecule has 1 aliphatic heterocycles. The maximum absolute atomic E-state index is 13.1. The van der Waals surface area contributed by atoms with Crippen LogP contribution in [0.5, 0.6) is 5.75 Å². The fourth-order valence-electron chi connectivity index (χ4n) is 3.66. The molecule has 31 heavy (non-hydrogen) atoms. The molecule has 2 amide bonds. The van der Waals surface area contributed by atoms with Crippen LogP contribution in [0.15, 0.2) is 42.5 Å². The van der Waals surface area contributed by atoms with Gasteiger partial charge in [-0.1, -0.05) is 23.7 Å². The van der Waals surface area contributed by atoms with Crippen LogP contribution in [0.1, 0.15) is 25.0 Å². The summed E-state index contributed by atoms with van der Waals surface area (Å²) < 4.78 is 18.9. The van der Waals surface area contributed by atoms with Gasteiger partial charge < -0.3 is 15.0 Å². The molecule has 3 rings (SSSR count). The molecular weight excluding hydrogens is 421 g/mol. The molecule has 8 heteroatoms. The van der Waals surface area contributed by atoms with Crippen LogP contribution in [0.3, 0.4) is 0 Å². The van der Waals surface area contributed by atoms with Crippen molar-refractivity contribution in [2.24, 2.45) is 0 Å². The van der Waals surface area contributed by atoms with Gasteiger partial charge in [0, 0.05) is 56.3 Å². The molecular formula is C23H27ClFN3O3. The number of carbonyl (C=O) groups is 2. The molecule has 1 aliphatic rings. The smallest absolute Gasteiger partial charge is 0.260 e. The van der Waals surface area contributed by atoms with E-state index in [-0.39, 0.29) is 36.8 Å². The number of piperazine rings is 1. The van der Waals surface area contributed by atoms with Crippen LogP contribution in [0.4, 0.5) is 4.39 Å². The second-order valence-corrected chi connectivity index (χ2v) is 8.18. The van der Waals surface area contributed by atoms with Crippen LogP contribution in [-0.2, 0) is 22.7 Å². The molecule has 0 aliphatic carbocycles. The SMILES string of the molecule is CC(=O)NCc1cc(Cl)ccc1OCC(=O)N1CCN(Cc2ccc(F)cc2)CC1C. The van der Waals surface area contributed by atoms with Gasteiger partial charge in [0.1, 0.15) is 11.6 Å². The predicted molar refractivity (Wildman–Crippen MR) is 117 cm³/mol. The van der Waals surface area contributed by atoms with Gasteiger partial charge in [0.25, 0.3) is 5.91 Å². The maximum Gasteiger partial charge on any atom is 0.260 e. The highest BCUT2D eigenvalue weighted by Crippen LogP contribution is 2.23. The molecule has 1 unspecified atom stereocenters. The zero-order valence-corrected chi connectivity index (χ0v) is 18.5. The van der Waals surface area contributed by atoms with E-state index in [0.717, 1.165) is 25.2 Å². The second-order valence-electron chi connectivity index (χ2n) is 7.75. The lowest BCUT2D eigenvalue weighted by Crippen LogP contribution is -2.54. The first-order valence-electron chi connectivity index (χ1n) is 10.2. The number of ether oxygens (including phenoxy) is 1. The van der Waals surface area contributed by atoms with E-state index in [1.807, 2.05) is 11.8 Å². The van der Waals surface area contributed by atoms with Crippen molar-refractivity contribution in [2.75, 3.05) is 26.2 Å². The molecule has 0 aromatic heterocycles. The molecule has 0 spiro atoms. The third-order valence-corrected chi connectivity index (χ3v) is 5.49. The van der Waals surface area contributed by atoms with E-state index in [2.05, 4.69) is 10.2 Å². The van der Waals surface area contributed by atoms with Gasteiger partial charge in [-0.25, -0.2) is 4.39 Å². The molecule has 2 aromatic carbocycles. The van der Waals surface area contributed by atoms with Gasteiger partial charge in [-0.2, -0.15) is 0 Å². The summed E-state index contributed by atoms with van der Waals surface area (Å²) in [6.45, 7) is 6.43. The molecule has 0 bridgehead atoms. The Morgan fingerprint density at radius 2 is 1.94 bits per heavy atom. The number of nitrogens with zero attached hydrogens (tertiary/aromatic N) is 2. The zero-order valence-electron chi connectivity index (χ0n) is 17.7. The van der Waals surface area contributed by atoms with Gasteiger partial charge >= 0.3 is 0 Å². The Bertz CT molecular complexity index is 923. The molecule has 6 nitrogen and oxygen atoms in total. The van der Waals surface area contributed by atoms with Gasteiger partial charge in [0.15, 0.2) is 6.61 Å². The lowest BCUT2D eigenvalue weighted by molar-refractivity contribution is -0.138. The quantitative estimate of drug-likeness (QED) is 0.708. The Hall–Kier alpha value is -2.64. The van der Waals surface area contributed by atoms with Crippen LogP contribution in [-0.4, -0.2) is 53.9 Å². The normalized spacial score (nSPS) is 16.8. The third kappa shape index (κ3) is 6.67. The summed E-state index contributed by atoms with van der Waals surface area (Å²) in [7, 11) is 0.